The van der Waals surface area contributed by atoms with Crippen LogP contribution in [0.15, 0.2) is 66.9 Å². The first-order valence-electron chi connectivity index (χ1n) is 8.68. The number of nitrogens with zero attached hydrogens (tertiary/aromatic N) is 1. The first-order chi connectivity index (χ1) is 13.0. The molecule has 1 amide bonds. The number of carbonyl (C=O) groups excluding carboxylic acids is 1. The van der Waals surface area contributed by atoms with E-state index in [0.717, 1.165) is 24.0 Å². The zero-order chi connectivity index (χ0) is 19.2. The molecule has 0 bridgehead atoms. The maximum atomic E-state index is 12.6. The normalized spacial score (nSPS) is 10.1. The monoisotopic (exact) mass is 393 g/mol. The van der Waals surface area contributed by atoms with Crippen molar-refractivity contribution in [3.8, 4) is 0 Å². The van der Waals surface area contributed by atoms with Gasteiger partial charge in [0.25, 0.3) is 5.91 Å². The standard InChI is InChI=1S/C22H20ClN3O.CH4/c1-15(24)17-9-6-16(7-10-17)8-11-18-4-2-3-5-20(18)22(27)26-21-13-12-19(23)14-25-21;/h2-7,9-10,12-14,24H,8,11H2,1H3,(H,25,26,27);1H4. The molecule has 0 saturated carbocycles. The fourth-order valence-corrected chi connectivity index (χ4v) is 2.91. The average molecular weight is 394 g/mol. The molecule has 1 heterocycles. The molecule has 0 unspecified atom stereocenters. The Hall–Kier alpha value is -2.98. The van der Waals surface area contributed by atoms with E-state index < -0.39 is 0 Å². The third-order valence-corrected chi connectivity index (χ3v) is 4.52. The second-order valence-electron chi connectivity index (χ2n) is 6.29. The smallest absolute Gasteiger partial charge is 0.257 e. The van der Waals surface area contributed by atoms with Crippen molar-refractivity contribution in [2.45, 2.75) is 27.2 Å². The highest BCUT2D eigenvalue weighted by atomic mass is 35.5. The Balaban J connectivity index is 0.00000280. The summed E-state index contributed by atoms with van der Waals surface area (Å²) in [7, 11) is 0. The number of benzene rings is 2. The Morgan fingerprint density at radius 2 is 1.75 bits per heavy atom. The lowest BCUT2D eigenvalue weighted by Gasteiger charge is -2.10. The third kappa shape index (κ3) is 5.51. The van der Waals surface area contributed by atoms with Crippen molar-refractivity contribution >= 4 is 29.0 Å². The van der Waals surface area contributed by atoms with Crippen LogP contribution >= 0.6 is 11.6 Å². The van der Waals surface area contributed by atoms with Crippen LogP contribution in [0.5, 0.6) is 0 Å². The maximum absolute atomic E-state index is 12.6. The number of carbonyl (C=O) groups is 1. The van der Waals surface area contributed by atoms with E-state index in [2.05, 4.69) is 10.3 Å². The van der Waals surface area contributed by atoms with E-state index in [1.54, 1.807) is 19.1 Å². The van der Waals surface area contributed by atoms with Gasteiger partial charge in [0.15, 0.2) is 0 Å². The molecule has 2 aromatic carbocycles. The lowest BCUT2D eigenvalue weighted by atomic mass is 9.98. The van der Waals surface area contributed by atoms with Crippen molar-refractivity contribution in [3.63, 3.8) is 0 Å². The number of aryl methyl sites for hydroxylation is 2. The quantitative estimate of drug-likeness (QED) is 0.520. The lowest BCUT2D eigenvalue weighted by molar-refractivity contribution is 0.102. The second-order valence-corrected chi connectivity index (χ2v) is 6.73. The number of anilines is 1. The Morgan fingerprint density at radius 3 is 2.39 bits per heavy atom. The van der Waals surface area contributed by atoms with Crippen molar-refractivity contribution in [3.05, 3.63) is 94.1 Å². The van der Waals surface area contributed by atoms with Crippen LogP contribution in [0.25, 0.3) is 0 Å². The minimum Gasteiger partial charge on any atom is -0.307 e. The van der Waals surface area contributed by atoms with E-state index in [-0.39, 0.29) is 13.3 Å². The second kappa shape index (κ2) is 9.81. The summed E-state index contributed by atoms with van der Waals surface area (Å²) in [4.78, 5) is 16.8. The van der Waals surface area contributed by atoms with E-state index in [9.17, 15) is 4.79 Å². The largest absolute Gasteiger partial charge is 0.307 e. The van der Waals surface area contributed by atoms with Crippen LogP contribution in [0.3, 0.4) is 0 Å². The van der Waals surface area contributed by atoms with Gasteiger partial charge in [0, 0.05) is 17.5 Å². The molecule has 3 aromatic rings. The molecule has 2 N–H and O–H groups in total. The molecule has 0 atom stereocenters. The number of nitrogens with one attached hydrogen (secondary N) is 2. The van der Waals surface area contributed by atoms with Gasteiger partial charge in [-0.2, -0.15) is 0 Å². The van der Waals surface area contributed by atoms with Gasteiger partial charge in [0.1, 0.15) is 5.82 Å². The molecule has 1 aromatic heterocycles. The highest BCUT2D eigenvalue weighted by molar-refractivity contribution is 6.30. The number of rotatable bonds is 6. The van der Waals surface area contributed by atoms with E-state index in [1.807, 2.05) is 48.5 Å². The molecule has 0 aliphatic heterocycles. The molecule has 144 valence electrons. The number of hydrogen-bond acceptors (Lipinski definition) is 3. The van der Waals surface area contributed by atoms with Crippen LogP contribution in [0, 0.1) is 5.41 Å². The van der Waals surface area contributed by atoms with Gasteiger partial charge in [0.05, 0.1) is 5.02 Å². The molecule has 5 heteroatoms. The SMILES string of the molecule is C.CC(=N)c1ccc(CCc2ccccc2C(=O)Nc2ccc(Cl)cn2)cc1. The number of halogens is 1. The highest BCUT2D eigenvalue weighted by Gasteiger charge is 2.12. The van der Waals surface area contributed by atoms with E-state index >= 15 is 0 Å². The molecule has 28 heavy (non-hydrogen) atoms. The Morgan fingerprint density at radius 1 is 1.04 bits per heavy atom. The summed E-state index contributed by atoms with van der Waals surface area (Å²) in [6, 6.07) is 18.9. The molecular weight excluding hydrogens is 370 g/mol. The van der Waals surface area contributed by atoms with Crippen LogP contribution < -0.4 is 5.32 Å². The maximum Gasteiger partial charge on any atom is 0.257 e. The first-order valence-corrected chi connectivity index (χ1v) is 9.06. The van der Waals surface area contributed by atoms with Crippen molar-refractivity contribution < 1.29 is 4.79 Å². The Bertz CT molecular complexity index is 950. The minimum absolute atomic E-state index is 0. The van der Waals surface area contributed by atoms with Crippen LogP contribution in [0.4, 0.5) is 5.82 Å². The fraction of sp³-hybridized carbons (Fsp3) is 0.174. The third-order valence-electron chi connectivity index (χ3n) is 4.30. The topological polar surface area (TPSA) is 65.8 Å². The van der Waals surface area contributed by atoms with Crippen LogP contribution in [0.1, 0.15) is 41.4 Å². The molecule has 0 fully saturated rings. The van der Waals surface area contributed by atoms with Gasteiger partial charge < -0.3 is 10.7 Å². The summed E-state index contributed by atoms with van der Waals surface area (Å²) in [6.07, 6.45) is 3.07. The molecule has 3 rings (SSSR count). The predicted molar refractivity (Wildman–Crippen MR) is 117 cm³/mol. The molecule has 0 saturated heterocycles. The molecule has 4 nitrogen and oxygen atoms in total. The van der Waals surface area contributed by atoms with E-state index in [0.29, 0.717) is 22.1 Å². The van der Waals surface area contributed by atoms with Crippen molar-refractivity contribution in [1.29, 1.82) is 5.41 Å². The van der Waals surface area contributed by atoms with E-state index in [1.165, 1.54) is 11.8 Å². The summed E-state index contributed by atoms with van der Waals surface area (Å²) in [5.74, 6) is 0.284. The Kier molecular flexibility index (Phi) is 7.47. The van der Waals surface area contributed by atoms with Gasteiger partial charge in [0.2, 0.25) is 0 Å². The number of aromatic nitrogens is 1. The minimum atomic E-state index is -0.185. The number of pyridine rings is 1. The van der Waals surface area contributed by atoms with Gasteiger partial charge >= 0.3 is 0 Å². The van der Waals surface area contributed by atoms with E-state index in [4.69, 9.17) is 17.0 Å². The van der Waals surface area contributed by atoms with Crippen molar-refractivity contribution in [1.82, 2.24) is 4.98 Å². The molecule has 0 aliphatic rings. The highest BCUT2D eigenvalue weighted by Crippen LogP contribution is 2.16. The first kappa shape index (κ1) is 21.3. The summed E-state index contributed by atoms with van der Waals surface area (Å²) in [5.41, 5.74) is 4.28. The number of amides is 1. The summed E-state index contributed by atoms with van der Waals surface area (Å²) >= 11 is 5.83. The zero-order valence-electron chi connectivity index (χ0n) is 15.0. The summed E-state index contributed by atoms with van der Waals surface area (Å²) in [5, 5.41) is 11.0. The van der Waals surface area contributed by atoms with Gasteiger partial charge in [-0.05, 0) is 54.7 Å². The lowest BCUT2D eigenvalue weighted by Crippen LogP contribution is -2.15. The van der Waals surface area contributed by atoms with Crippen molar-refractivity contribution in [2.75, 3.05) is 5.32 Å². The van der Waals surface area contributed by atoms with Crippen LogP contribution in [-0.4, -0.2) is 16.6 Å². The van der Waals surface area contributed by atoms with Gasteiger partial charge in [-0.25, -0.2) is 4.98 Å². The molecule has 0 spiro atoms. The Labute approximate surface area is 171 Å². The van der Waals surface area contributed by atoms with Gasteiger partial charge in [-0.1, -0.05) is 61.5 Å². The predicted octanol–water partition coefficient (Wildman–Crippen LogP) is 5.80. The van der Waals surface area contributed by atoms with Crippen LogP contribution in [0.2, 0.25) is 5.02 Å². The molecule has 0 aliphatic carbocycles. The summed E-state index contributed by atoms with van der Waals surface area (Å²) < 4.78 is 0. The molecular formula is C23H24ClN3O. The number of hydrogen-bond donors (Lipinski definition) is 2. The summed E-state index contributed by atoms with van der Waals surface area (Å²) in [6.45, 7) is 1.78. The van der Waals surface area contributed by atoms with Gasteiger partial charge in [-0.3, -0.25) is 4.79 Å². The fourth-order valence-electron chi connectivity index (χ4n) is 2.79. The van der Waals surface area contributed by atoms with Crippen LogP contribution in [-0.2, 0) is 12.8 Å². The van der Waals surface area contributed by atoms with Crippen molar-refractivity contribution in [2.24, 2.45) is 0 Å². The van der Waals surface area contributed by atoms with Gasteiger partial charge in [-0.15, -0.1) is 0 Å². The average Bonchev–Trinajstić information content (AvgIpc) is 2.68. The molecule has 0 radical (unpaired) electrons. The zero-order valence-corrected chi connectivity index (χ0v) is 15.8.